The number of hydrogen-bond acceptors (Lipinski definition) is 4. The number of benzene rings is 1. The van der Waals surface area contributed by atoms with Gasteiger partial charge in [-0.2, -0.15) is 0 Å². The van der Waals surface area contributed by atoms with Crippen LogP contribution in [-0.2, 0) is 0 Å². The molecule has 88 valence electrons. The molecule has 0 saturated carbocycles. The lowest BCUT2D eigenvalue weighted by molar-refractivity contribution is 1.02. The van der Waals surface area contributed by atoms with Crippen LogP contribution in [0.25, 0.3) is 0 Å². The molecule has 0 saturated heterocycles. The van der Waals surface area contributed by atoms with E-state index in [0.717, 1.165) is 24.7 Å². The summed E-state index contributed by atoms with van der Waals surface area (Å²) in [6.45, 7) is 0. The first-order chi connectivity index (χ1) is 8.22. The lowest BCUT2D eigenvalue weighted by Gasteiger charge is -2.07. The molecule has 0 fully saturated rings. The zero-order valence-electron chi connectivity index (χ0n) is 8.95. The highest BCUT2D eigenvalue weighted by Crippen LogP contribution is 2.37. The van der Waals surface area contributed by atoms with Crippen molar-refractivity contribution in [3.63, 3.8) is 0 Å². The molecule has 1 aromatic carbocycles. The standard InChI is InChI=1S/C11H9Br2N3S/c1-14-10-9(13)11(16-6-15-10)17-8-5-3-2-4-7(8)12/h2-6H,1H3,(H,14,15,16). The predicted molar refractivity (Wildman–Crippen MR) is 77.5 cm³/mol. The van der Waals surface area contributed by atoms with Gasteiger partial charge < -0.3 is 5.32 Å². The van der Waals surface area contributed by atoms with Crippen LogP contribution in [0.5, 0.6) is 0 Å². The van der Waals surface area contributed by atoms with Gasteiger partial charge in [-0.1, -0.05) is 23.9 Å². The molecular weight excluding hydrogens is 366 g/mol. The topological polar surface area (TPSA) is 37.8 Å². The van der Waals surface area contributed by atoms with Crippen LogP contribution in [0.1, 0.15) is 0 Å². The first-order valence-corrected chi connectivity index (χ1v) is 7.23. The number of anilines is 1. The van der Waals surface area contributed by atoms with Crippen LogP contribution in [-0.4, -0.2) is 17.0 Å². The largest absolute Gasteiger partial charge is 0.372 e. The summed E-state index contributed by atoms with van der Waals surface area (Å²) in [6, 6.07) is 8.04. The Kier molecular flexibility index (Phi) is 4.42. The Morgan fingerprint density at radius 2 is 1.94 bits per heavy atom. The smallest absolute Gasteiger partial charge is 0.144 e. The highest BCUT2D eigenvalue weighted by atomic mass is 79.9. The second-order valence-electron chi connectivity index (χ2n) is 3.12. The van der Waals surface area contributed by atoms with Crippen molar-refractivity contribution < 1.29 is 0 Å². The summed E-state index contributed by atoms with van der Waals surface area (Å²) in [5, 5.41) is 3.90. The van der Waals surface area contributed by atoms with Gasteiger partial charge in [0.1, 0.15) is 17.2 Å². The maximum Gasteiger partial charge on any atom is 0.144 e. The molecule has 0 spiro atoms. The predicted octanol–water partition coefficient (Wildman–Crippen LogP) is 4.19. The van der Waals surface area contributed by atoms with E-state index < -0.39 is 0 Å². The first-order valence-electron chi connectivity index (χ1n) is 4.83. The molecule has 0 aliphatic rings. The SMILES string of the molecule is CNc1ncnc(Sc2ccccc2Br)c1Br. The van der Waals surface area contributed by atoms with E-state index in [1.54, 1.807) is 18.1 Å². The lowest BCUT2D eigenvalue weighted by atomic mass is 10.4. The summed E-state index contributed by atoms with van der Waals surface area (Å²) >= 11 is 8.60. The molecule has 2 rings (SSSR count). The van der Waals surface area contributed by atoms with Crippen molar-refractivity contribution in [2.75, 3.05) is 12.4 Å². The second kappa shape index (κ2) is 5.84. The average molecular weight is 375 g/mol. The second-order valence-corrected chi connectivity index (χ2v) is 5.80. The van der Waals surface area contributed by atoms with Gasteiger partial charge in [0.05, 0.1) is 4.47 Å². The Morgan fingerprint density at radius 3 is 2.65 bits per heavy atom. The molecule has 0 aliphatic heterocycles. The molecule has 0 amide bonds. The van der Waals surface area contributed by atoms with E-state index in [-0.39, 0.29) is 0 Å². The van der Waals surface area contributed by atoms with Crippen LogP contribution < -0.4 is 5.32 Å². The van der Waals surface area contributed by atoms with Crippen LogP contribution in [0, 0.1) is 0 Å². The van der Waals surface area contributed by atoms with E-state index in [0.29, 0.717) is 0 Å². The summed E-state index contributed by atoms with van der Waals surface area (Å²) < 4.78 is 1.93. The molecule has 3 nitrogen and oxygen atoms in total. The van der Waals surface area contributed by atoms with E-state index in [1.165, 1.54) is 0 Å². The Bertz CT molecular complexity index is 534. The van der Waals surface area contributed by atoms with Gasteiger partial charge in [0.15, 0.2) is 0 Å². The molecule has 1 heterocycles. The number of nitrogens with one attached hydrogen (secondary N) is 1. The maximum absolute atomic E-state index is 4.27. The minimum absolute atomic E-state index is 0.787. The third-order valence-electron chi connectivity index (χ3n) is 2.04. The lowest BCUT2D eigenvalue weighted by Crippen LogP contribution is -1.96. The molecule has 6 heteroatoms. The summed E-state index contributed by atoms with van der Waals surface area (Å²) in [5.41, 5.74) is 0. The monoisotopic (exact) mass is 373 g/mol. The van der Waals surface area contributed by atoms with Gasteiger partial charge in [0.25, 0.3) is 0 Å². The Hall–Kier alpha value is -0.590. The minimum Gasteiger partial charge on any atom is -0.372 e. The molecule has 0 unspecified atom stereocenters. The molecule has 2 aromatic rings. The van der Waals surface area contributed by atoms with E-state index >= 15 is 0 Å². The highest BCUT2D eigenvalue weighted by molar-refractivity contribution is 9.11. The van der Waals surface area contributed by atoms with Gasteiger partial charge in [-0.05, 0) is 44.0 Å². The number of halogens is 2. The molecular formula is C11H9Br2N3S. The van der Waals surface area contributed by atoms with Crippen LogP contribution in [0.3, 0.4) is 0 Å². The van der Waals surface area contributed by atoms with Crippen molar-refractivity contribution in [2.45, 2.75) is 9.92 Å². The zero-order valence-corrected chi connectivity index (χ0v) is 12.9. The molecule has 0 aliphatic carbocycles. The molecule has 17 heavy (non-hydrogen) atoms. The molecule has 0 bridgehead atoms. The fourth-order valence-electron chi connectivity index (χ4n) is 1.23. The van der Waals surface area contributed by atoms with Gasteiger partial charge >= 0.3 is 0 Å². The van der Waals surface area contributed by atoms with Gasteiger partial charge in [-0.3, -0.25) is 0 Å². The van der Waals surface area contributed by atoms with Gasteiger partial charge in [-0.25, -0.2) is 9.97 Å². The van der Waals surface area contributed by atoms with E-state index in [1.807, 2.05) is 31.3 Å². The van der Waals surface area contributed by atoms with Gasteiger partial charge in [0, 0.05) is 16.4 Å². The number of nitrogens with zero attached hydrogens (tertiary/aromatic N) is 2. The van der Waals surface area contributed by atoms with E-state index in [2.05, 4.69) is 47.1 Å². The Balaban J connectivity index is 2.34. The molecule has 0 atom stereocenters. The molecule has 0 radical (unpaired) electrons. The number of aromatic nitrogens is 2. The molecule has 1 N–H and O–H groups in total. The maximum atomic E-state index is 4.27. The van der Waals surface area contributed by atoms with Crippen molar-refractivity contribution >= 4 is 49.4 Å². The molecule has 1 aromatic heterocycles. The average Bonchev–Trinajstić information content (AvgIpc) is 2.34. The Morgan fingerprint density at radius 1 is 1.18 bits per heavy atom. The highest BCUT2D eigenvalue weighted by Gasteiger charge is 2.10. The Labute approximate surface area is 121 Å². The van der Waals surface area contributed by atoms with Crippen LogP contribution in [0.2, 0.25) is 0 Å². The number of rotatable bonds is 3. The third kappa shape index (κ3) is 3.00. The first kappa shape index (κ1) is 12.9. The van der Waals surface area contributed by atoms with Crippen molar-refractivity contribution in [3.8, 4) is 0 Å². The quantitative estimate of drug-likeness (QED) is 0.817. The summed E-state index contributed by atoms with van der Waals surface area (Å²) in [7, 11) is 1.83. The van der Waals surface area contributed by atoms with Crippen LogP contribution in [0.15, 0.2) is 49.5 Å². The van der Waals surface area contributed by atoms with Crippen molar-refractivity contribution in [3.05, 3.63) is 39.5 Å². The number of hydrogen-bond donors (Lipinski definition) is 1. The summed E-state index contributed by atoms with van der Waals surface area (Å²) in [5.74, 6) is 0.787. The van der Waals surface area contributed by atoms with Gasteiger partial charge in [-0.15, -0.1) is 0 Å². The third-order valence-corrected chi connectivity index (χ3v) is 5.08. The van der Waals surface area contributed by atoms with Crippen molar-refractivity contribution in [2.24, 2.45) is 0 Å². The van der Waals surface area contributed by atoms with Crippen LogP contribution in [0.4, 0.5) is 5.82 Å². The van der Waals surface area contributed by atoms with Crippen molar-refractivity contribution in [1.29, 1.82) is 0 Å². The van der Waals surface area contributed by atoms with Crippen LogP contribution >= 0.6 is 43.6 Å². The van der Waals surface area contributed by atoms with E-state index in [4.69, 9.17) is 0 Å². The fourth-order valence-corrected chi connectivity index (χ4v) is 3.21. The summed E-state index contributed by atoms with van der Waals surface area (Å²) in [4.78, 5) is 9.51. The minimum atomic E-state index is 0.787. The zero-order chi connectivity index (χ0) is 12.3. The van der Waals surface area contributed by atoms with Crippen molar-refractivity contribution in [1.82, 2.24) is 9.97 Å². The normalized spacial score (nSPS) is 10.3. The fraction of sp³-hybridized carbons (Fsp3) is 0.0909. The van der Waals surface area contributed by atoms with E-state index in [9.17, 15) is 0 Å². The summed E-state index contributed by atoms with van der Waals surface area (Å²) in [6.07, 6.45) is 1.55. The van der Waals surface area contributed by atoms with Gasteiger partial charge in [0.2, 0.25) is 0 Å².